The molecule has 7 heteroatoms. The number of benzene rings is 2. The first-order chi connectivity index (χ1) is 11.9. The van der Waals surface area contributed by atoms with Gasteiger partial charge in [0, 0.05) is 5.56 Å². The lowest BCUT2D eigenvalue weighted by molar-refractivity contribution is -0.143. The van der Waals surface area contributed by atoms with Gasteiger partial charge in [-0.05, 0) is 30.2 Å². The van der Waals surface area contributed by atoms with Crippen molar-refractivity contribution in [2.45, 2.75) is 18.6 Å². The molecule has 1 N–H and O–H groups in total. The van der Waals surface area contributed by atoms with Gasteiger partial charge in [0.05, 0.1) is 12.4 Å². The molecule has 0 aliphatic heterocycles. The standard InChI is InChI=1S/C18H17FO5S/c1-2-24-18(21)16(13-7-9-15(19)10-8-13)17(20)14-5-3-12(4-6-14)11-25(22)23/h3-10,16H,2,11H2,1H3,(H,22,23). The number of halogens is 1. The van der Waals surface area contributed by atoms with Crippen LogP contribution >= 0.6 is 0 Å². The predicted molar refractivity (Wildman–Crippen MR) is 91.0 cm³/mol. The minimum atomic E-state index is -1.98. The lowest BCUT2D eigenvalue weighted by Crippen LogP contribution is -2.24. The molecule has 2 unspecified atom stereocenters. The molecular weight excluding hydrogens is 347 g/mol. The normalized spacial score (nSPS) is 13.1. The van der Waals surface area contributed by atoms with Crippen LogP contribution in [0.25, 0.3) is 0 Å². The molecule has 0 radical (unpaired) electrons. The zero-order valence-corrected chi connectivity index (χ0v) is 14.3. The Kier molecular flexibility index (Phi) is 6.55. The maximum atomic E-state index is 13.1. The van der Waals surface area contributed by atoms with E-state index in [9.17, 15) is 18.2 Å². The van der Waals surface area contributed by atoms with Crippen LogP contribution < -0.4 is 0 Å². The number of carbonyl (C=O) groups excluding carboxylic acids is 2. The van der Waals surface area contributed by atoms with Crippen molar-refractivity contribution >= 4 is 22.8 Å². The molecule has 25 heavy (non-hydrogen) atoms. The van der Waals surface area contributed by atoms with Gasteiger partial charge < -0.3 is 9.29 Å². The SMILES string of the molecule is CCOC(=O)C(C(=O)c1ccc(CS(=O)O)cc1)c1ccc(F)cc1. The largest absolute Gasteiger partial charge is 0.465 e. The van der Waals surface area contributed by atoms with Crippen LogP contribution in [0.2, 0.25) is 0 Å². The number of hydrogen-bond acceptors (Lipinski definition) is 4. The summed E-state index contributed by atoms with van der Waals surface area (Å²) in [6.45, 7) is 1.75. The summed E-state index contributed by atoms with van der Waals surface area (Å²) in [7, 11) is 0. The molecule has 0 saturated carbocycles. The molecule has 0 amide bonds. The van der Waals surface area contributed by atoms with Crippen LogP contribution in [-0.2, 0) is 26.4 Å². The van der Waals surface area contributed by atoms with Crippen molar-refractivity contribution in [3.63, 3.8) is 0 Å². The van der Waals surface area contributed by atoms with Gasteiger partial charge in [0.15, 0.2) is 16.9 Å². The Morgan fingerprint density at radius 2 is 1.72 bits per heavy atom. The number of rotatable bonds is 7. The van der Waals surface area contributed by atoms with Crippen molar-refractivity contribution in [3.05, 3.63) is 71.0 Å². The fraction of sp³-hybridized carbons (Fsp3) is 0.222. The van der Waals surface area contributed by atoms with Crippen LogP contribution in [0.4, 0.5) is 4.39 Å². The average molecular weight is 364 g/mol. The number of hydrogen-bond donors (Lipinski definition) is 1. The molecule has 0 spiro atoms. The highest BCUT2D eigenvalue weighted by molar-refractivity contribution is 7.78. The molecule has 0 fully saturated rings. The minimum absolute atomic E-state index is 0.0479. The Hall–Kier alpha value is -2.38. The van der Waals surface area contributed by atoms with Gasteiger partial charge >= 0.3 is 5.97 Å². The Balaban J connectivity index is 2.32. The molecule has 132 valence electrons. The van der Waals surface area contributed by atoms with Gasteiger partial charge in [0.1, 0.15) is 11.7 Å². The summed E-state index contributed by atoms with van der Waals surface area (Å²) in [5, 5.41) is 0. The van der Waals surface area contributed by atoms with Crippen molar-refractivity contribution in [2.75, 3.05) is 6.61 Å². The monoisotopic (exact) mass is 364 g/mol. The first-order valence-electron chi connectivity index (χ1n) is 7.55. The second kappa shape index (κ2) is 8.64. The summed E-state index contributed by atoms with van der Waals surface area (Å²) in [6.07, 6.45) is 0. The van der Waals surface area contributed by atoms with E-state index in [1.807, 2.05) is 0 Å². The maximum Gasteiger partial charge on any atom is 0.321 e. The molecule has 2 atom stereocenters. The molecule has 2 rings (SSSR count). The first kappa shape index (κ1) is 19.0. The lowest BCUT2D eigenvalue weighted by atomic mass is 9.90. The zero-order valence-electron chi connectivity index (χ0n) is 13.5. The van der Waals surface area contributed by atoms with Gasteiger partial charge in [0.2, 0.25) is 0 Å². The number of esters is 1. The van der Waals surface area contributed by atoms with Crippen LogP contribution in [0.1, 0.15) is 34.3 Å². The topological polar surface area (TPSA) is 80.7 Å². The Morgan fingerprint density at radius 1 is 1.12 bits per heavy atom. The van der Waals surface area contributed by atoms with Gasteiger partial charge in [-0.2, -0.15) is 0 Å². The molecule has 2 aromatic rings. The quantitative estimate of drug-likeness (QED) is 0.353. The van der Waals surface area contributed by atoms with Crippen LogP contribution in [0.3, 0.4) is 0 Å². The maximum absolute atomic E-state index is 13.1. The fourth-order valence-electron chi connectivity index (χ4n) is 2.35. The fourth-order valence-corrected chi connectivity index (χ4v) is 2.83. The highest BCUT2D eigenvalue weighted by Crippen LogP contribution is 2.24. The van der Waals surface area contributed by atoms with E-state index in [0.717, 1.165) is 0 Å². The second-order valence-corrected chi connectivity index (χ2v) is 6.20. The number of carbonyl (C=O) groups is 2. The molecular formula is C18H17FO5S. The summed E-state index contributed by atoms with van der Waals surface area (Å²) < 4.78 is 37.8. The summed E-state index contributed by atoms with van der Waals surface area (Å²) in [6, 6.07) is 11.2. The summed E-state index contributed by atoms with van der Waals surface area (Å²) >= 11 is -1.98. The molecule has 5 nitrogen and oxygen atoms in total. The van der Waals surface area contributed by atoms with E-state index in [1.54, 1.807) is 19.1 Å². The molecule has 0 heterocycles. The van der Waals surface area contributed by atoms with Gasteiger partial charge in [-0.15, -0.1) is 0 Å². The smallest absolute Gasteiger partial charge is 0.321 e. The first-order valence-corrected chi connectivity index (χ1v) is 8.82. The lowest BCUT2D eigenvalue weighted by Gasteiger charge is -2.15. The van der Waals surface area contributed by atoms with Gasteiger partial charge in [0.25, 0.3) is 0 Å². The molecule has 0 bridgehead atoms. The third kappa shape index (κ3) is 5.04. The van der Waals surface area contributed by atoms with E-state index in [2.05, 4.69) is 0 Å². The predicted octanol–water partition coefficient (Wildman–Crippen LogP) is 3.08. The van der Waals surface area contributed by atoms with Gasteiger partial charge in [-0.25, -0.2) is 8.60 Å². The molecule has 0 aliphatic carbocycles. The van der Waals surface area contributed by atoms with Crippen LogP contribution in [0.15, 0.2) is 48.5 Å². The van der Waals surface area contributed by atoms with Crippen LogP contribution in [0.5, 0.6) is 0 Å². The second-order valence-electron chi connectivity index (χ2n) is 5.26. The van der Waals surface area contributed by atoms with E-state index in [1.165, 1.54) is 36.4 Å². The van der Waals surface area contributed by atoms with Crippen LogP contribution in [-0.4, -0.2) is 27.1 Å². The number of ether oxygens (including phenoxy) is 1. The third-order valence-electron chi connectivity index (χ3n) is 3.52. The van der Waals surface area contributed by atoms with Gasteiger partial charge in [-0.3, -0.25) is 9.59 Å². The molecule has 2 aromatic carbocycles. The highest BCUT2D eigenvalue weighted by Gasteiger charge is 2.30. The average Bonchev–Trinajstić information content (AvgIpc) is 2.57. The van der Waals surface area contributed by atoms with E-state index in [-0.39, 0.29) is 17.9 Å². The van der Waals surface area contributed by atoms with Crippen molar-refractivity contribution in [3.8, 4) is 0 Å². The number of Topliss-reactive ketones (excluding diaryl/α,β-unsaturated/α-hetero) is 1. The van der Waals surface area contributed by atoms with E-state index < -0.39 is 34.6 Å². The Morgan fingerprint density at radius 3 is 2.24 bits per heavy atom. The minimum Gasteiger partial charge on any atom is -0.465 e. The Labute approximate surface area is 147 Å². The molecule has 0 aromatic heterocycles. The Bertz CT molecular complexity index is 771. The van der Waals surface area contributed by atoms with Crippen molar-refractivity contribution in [1.29, 1.82) is 0 Å². The summed E-state index contributed by atoms with van der Waals surface area (Å²) in [5.41, 5.74) is 1.19. The van der Waals surface area contributed by atoms with Gasteiger partial charge in [-0.1, -0.05) is 36.4 Å². The van der Waals surface area contributed by atoms with E-state index >= 15 is 0 Å². The van der Waals surface area contributed by atoms with E-state index in [0.29, 0.717) is 11.1 Å². The third-order valence-corrected chi connectivity index (χ3v) is 4.10. The molecule has 0 aliphatic rings. The zero-order chi connectivity index (χ0) is 18.4. The molecule has 0 saturated heterocycles. The summed E-state index contributed by atoms with van der Waals surface area (Å²) in [5.74, 6) is -2.91. The number of ketones is 1. The van der Waals surface area contributed by atoms with Crippen molar-refractivity contribution in [2.24, 2.45) is 0 Å². The highest BCUT2D eigenvalue weighted by atomic mass is 32.2. The van der Waals surface area contributed by atoms with Crippen molar-refractivity contribution < 1.29 is 27.5 Å². The summed E-state index contributed by atoms with van der Waals surface area (Å²) in [4.78, 5) is 25.0. The van der Waals surface area contributed by atoms with Crippen molar-refractivity contribution in [1.82, 2.24) is 0 Å². The van der Waals surface area contributed by atoms with Crippen LogP contribution in [0, 0.1) is 5.82 Å². The van der Waals surface area contributed by atoms with E-state index in [4.69, 9.17) is 9.29 Å².